The number of benzene rings is 2. The SMILES string of the molecule is CC[C@@H](C)NC(=O)[C@H](C)N(CCc1ccccc1)C(=O)CSCc1cc(C)cc(C)c1. The Labute approximate surface area is 191 Å². The van der Waals surface area contributed by atoms with Crippen molar-refractivity contribution < 1.29 is 9.59 Å². The quantitative estimate of drug-likeness (QED) is 0.540. The third kappa shape index (κ3) is 8.41. The van der Waals surface area contributed by atoms with Crippen LogP contribution in [-0.4, -0.2) is 41.1 Å². The molecular formula is C26H36N2O2S. The van der Waals surface area contributed by atoms with E-state index in [1.807, 2.05) is 39.0 Å². The predicted octanol–water partition coefficient (Wildman–Crippen LogP) is 4.91. The molecule has 0 fully saturated rings. The van der Waals surface area contributed by atoms with E-state index >= 15 is 0 Å². The van der Waals surface area contributed by atoms with Crippen LogP contribution in [0.4, 0.5) is 0 Å². The number of amides is 2. The highest BCUT2D eigenvalue weighted by Gasteiger charge is 2.26. The first-order valence-electron chi connectivity index (χ1n) is 11.1. The second-order valence-electron chi connectivity index (χ2n) is 8.31. The molecule has 2 aromatic carbocycles. The first-order chi connectivity index (χ1) is 14.8. The number of thioether (sulfide) groups is 1. The van der Waals surface area contributed by atoms with Crippen molar-refractivity contribution in [1.29, 1.82) is 0 Å². The van der Waals surface area contributed by atoms with E-state index in [0.29, 0.717) is 12.3 Å². The molecule has 0 saturated carbocycles. The van der Waals surface area contributed by atoms with Crippen LogP contribution >= 0.6 is 11.8 Å². The third-order valence-corrected chi connectivity index (χ3v) is 6.42. The molecule has 2 aromatic rings. The van der Waals surface area contributed by atoms with Gasteiger partial charge in [0.2, 0.25) is 11.8 Å². The molecule has 1 N–H and O–H groups in total. The van der Waals surface area contributed by atoms with Crippen LogP contribution in [0.15, 0.2) is 48.5 Å². The van der Waals surface area contributed by atoms with Gasteiger partial charge in [0, 0.05) is 18.3 Å². The van der Waals surface area contributed by atoms with Gasteiger partial charge in [-0.1, -0.05) is 66.6 Å². The van der Waals surface area contributed by atoms with Crippen molar-refractivity contribution >= 4 is 23.6 Å². The lowest BCUT2D eigenvalue weighted by molar-refractivity contribution is -0.138. The molecule has 2 amide bonds. The molecule has 0 aliphatic carbocycles. The van der Waals surface area contributed by atoms with E-state index in [4.69, 9.17) is 0 Å². The standard InChI is InChI=1S/C26H36N2O2S/c1-6-21(4)27-26(30)22(5)28(13-12-23-10-8-7-9-11-23)25(29)18-31-17-24-15-19(2)14-20(3)16-24/h7-11,14-16,21-22H,6,12-13,17-18H2,1-5H3,(H,27,30)/t21-,22+/m1/s1. The Morgan fingerprint density at radius 2 is 1.65 bits per heavy atom. The van der Waals surface area contributed by atoms with E-state index in [1.165, 1.54) is 16.7 Å². The summed E-state index contributed by atoms with van der Waals surface area (Å²) in [6.45, 7) is 10.6. The van der Waals surface area contributed by atoms with E-state index in [2.05, 4.69) is 49.5 Å². The highest BCUT2D eigenvalue weighted by Crippen LogP contribution is 2.17. The van der Waals surface area contributed by atoms with Gasteiger partial charge in [-0.3, -0.25) is 9.59 Å². The maximum Gasteiger partial charge on any atom is 0.242 e. The average Bonchev–Trinajstić information content (AvgIpc) is 2.73. The molecule has 2 atom stereocenters. The number of nitrogens with one attached hydrogen (secondary N) is 1. The predicted molar refractivity (Wildman–Crippen MR) is 131 cm³/mol. The molecule has 0 aliphatic heterocycles. The Morgan fingerprint density at radius 3 is 2.26 bits per heavy atom. The third-order valence-electron chi connectivity index (χ3n) is 5.43. The number of carbonyl (C=O) groups excluding carboxylic acids is 2. The second kappa shape index (κ2) is 12.6. The van der Waals surface area contributed by atoms with Crippen LogP contribution in [0.1, 0.15) is 49.4 Å². The van der Waals surface area contributed by atoms with Crippen molar-refractivity contribution in [3.8, 4) is 0 Å². The lowest BCUT2D eigenvalue weighted by atomic mass is 10.1. The molecule has 0 aliphatic rings. The fourth-order valence-electron chi connectivity index (χ4n) is 3.53. The topological polar surface area (TPSA) is 49.4 Å². The van der Waals surface area contributed by atoms with Crippen molar-refractivity contribution in [3.63, 3.8) is 0 Å². The Kier molecular flexibility index (Phi) is 10.1. The Balaban J connectivity index is 2.02. The van der Waals surface area contributed by atoms with Gasteiger partial charge in [-0.25, -0.2) is 0 Å². The fraction of sp³-hybridized carbons (Fsp3) is 0.462. The minimum absolute atomic E-state index is 0.0112. The zero-order chi connectivity index (χ0) is 22.8. The van der Waals surface area contributed by atoms with Gasteiger partial charge in [0.25, 0.3) is 0 Å². The minimum atomic E-state index is -0.493. The lowest BCUT2D eigenvalue weighted by Gasteiger charge is -2.29. The summed E-state index contributed by atoms with van der Waals surface area (Å²) in [4.78, 5) is 27.6. The number of rotatable bonds is 11. The summed E-state index contributed by atoms with van der Waals surface area (Å²) in [5.74, 6) is 1.07. The molecule has 0 heterocycles. The highest BCUT2D eigenvalue weighted by molar-refractivity contribution is 7.99. The minimum Gasteiger partial charge on any atom is -0.352 e. The Bertz CT molecular complexity index is 833. The monoisotopic (exact) mass is 440 g/mol. The summed E-state index contributed by atoms with van der Waals surface area (Å²) in [6, 6.07) is 16.2. The van der Waals surface area contributed by atoms with E-state index in [9.17, 15) is 9.59 Å². The average molecular weight is 441 g/mol. The number of carbonyl (C=O) groups is 2. The summed E-state index contributed by atoms with van der Waals surface area (Å²) < 4.78 is 0. The molecule has 4 nitrogen and oxygen atoms in total. The number of hydrogen-bond donors (Lipinski definition) is 1. The zero-order valence-corrected chi connectivity index (χ0v) is 20.3. The lowest BCUT2D eigenvalue weighted by Crippen LogP contribution is -2.51. The molecule has 168 valence electrons. The molecule has 0 saturated heterocycles. The summed E-state index contributed by atoms with van der Waals surface area (Å²) in [5, 5.41) is 3.02. The fourth-order valence-corrected chi connectivity index (χ4v) is 4.37. The van der Waals surface area contributed by atoms with E-state index < -0.39 is 6.04 Å². The first kappa shape index (κ1) is 25.0. The van der Waals surface area contributed by atoms with Crippen LogP contribution in [0.3, 0.4) is 0 Å². The number of aryl methyl sites for hydroxylation is 2. The number of nitrogens with zero attached hydrogens (tertiary/aromatic N) is 1. The molecule has 5 heteroatoms. The van der Waals surface area contributed by atoms with Crippen LogP contribution in [0, 0.1) is 13.8 Å². The van der Waals surface area contributed by atoms with Gasteiger partial charge in [-0.2, -0.15) is 0 Å². The van der Waals surface area contributed by atoms with Crippen molar-refractivity contribution in [2.75, 3.05) is 12.3 Å². The highest BCUT2D eigenvalue weighted by atomic mass is 32.2. The van der Waals surface area contributed by atoms with Crippen LogP contribution in [0.5, 0.6) is 0 Å². The summed E-state index contributed by atoms with van der Waals surface area (Å²) in [5.41, 5.74) is 4.87. The zero-order valence-electron chi connectivity index (χ0n) is 19.5. The van der Waals surface area contributed by atoms with Crippen molar-refractivity contribution in [3.05, 3.63) is 70.8 Å². The van der Waals surface area contributed by atoms with Crippen molar-refractivity contribution in [2.24, 2.45) is 0 Å². The van der Waals surface area contributed by atoms with Crippen LogP contribution in [-0.2, 0) is 21.8 Å². The molecule has 2 rings (SSSR count). The van der Waals surface area contributed by atoms with Crippen LogP contribution in [0.25, 0.3) is 0 Å². The van der Waals surface area contributed by atoms with Gasteiger partial charge in [0.1, 0.15) is 6.04 Å². The van der Waals surface area contributed by atoms with E-state index in [-0.39, 0.29) is 17.9 Å². The maximum absolute atomic E-state index is 13.1. The molecule has 0 unspecified atom stereocenters. The van der Waals surface area contributed by atoms with Gasteiger partial charge in [0.15, 0.2) is 0 Å². The van der Waals surface area contributed by atoms with Gasteiger partial charge >= 0.3 is 0 Å². The van der Waals surface area contributed by atoms with Gasteiger partial charge in [-0.15, -0.1) is 11.8 Å². The van der Waals surface area contributed by atoms with Gasteiger partial charge in [-0.05, 0) is 51.7 Å². The Hall–Kier alpha value is -2.27. The molecule has 0 aromatic heterocycles. The number of hydrogen-bond acceptors (Lipinski definition) is 3. The van der Waals surface area contributed by atoms with E-state index in [0.717, 1.165) is 24.2 Å². The Morgan fingerprint density at radius 1 is 1.00 bits per heavy atom. The molecule has 0 radical (unpaired) electrons. The molecule has 31 heavy (non-hydrogen) atoms. The van der Waals surface area contributed by atoms with Crippen molar-refractivity contribution in [2.45, 2.75) is 65.3 Å². The van der Waals surface area contributed by atoms with Crippen LogP contribution < -0.4 is 5.32 Å². The van der Waals surface area contributed by atoms with Gasteiger partial charge in [0.05, 0.1) is 5.75 Å². The van der Waals surface area contributed by atoms with Gasteiger partial charge < -0.3 is 10.2 Å². The van der Waals surface area contributed by atoms with Crippen molar-refractivity contribution in [1.82, 2.24) is 10.2 Å². The second-order valence-corrected chi connectivity index (χ2v) is 9.29. The summed E-state index contributed by atoms with van der Waals surface area (Å²) >= 11 is 1.61. The van der Waals surface area contributed by atoms with Crippen LogP contribution in [0.2, 0.25) is 0 Å². The molecule has 0 bridgehead atoms. The normalized spacial score (nSPS) is 12.8. The molecular weight excluding hydrogens is 404 g/mol. The van der Waals surface area contributed by atoms with E-state index in [1.54, 1.807) is 16.7 Å². The molecule has 0 spiro atoms. The largest absolute Gasteiger partial charge is 0.352 e. The summed E-state index contributed by atoms with van der Waals surface area (Å²) in [7, 11) is 0. The first-order valence-corrected chi connectivity index (χ1v) is 12.2. The maximum atomic E-state index is 13.1. The summed E-state index contributed by atoms with van der Waals surface area (Å²) in [6.07, 6.45) is 1.59. The smallest absolute Gasteiger partial charge is 0.242 e.